The first kappa shape index (κ1) is 10.0. The molecule has 0 aliphatic heterocycles. The van der Waals surface area contributed by atoms with Gasteiger partial charge in [-0.2, -0.15) is 0 Å². The zero-order valence-electron chi connectivity index (χ0n) is 8.51. The third kappa shape index (κ3) is 2.46. The van der Waals surface area contributed by atoms with E-state index in [4.69, 9.17) is 11.5 Å². The summed E-state index contributed by atoms with van der Waals surface area (Å²) in [5.41, 5.74) is 12.1. The lowest BCUT2D eigenvalue weighted by atomic mass is 9.71. The van der Waals surface area contributed by atoms with Crippen LogP contribution < -0.4 is 11.5 Å². The summed E-state index contributed by atoms with van der Waals surface area (Å²) in [4.78, 5) is 0. The summed E-state index contributed by atoms with van der Waals surface area (Å²) in [6.07, 6.45) is 3.28. The van der Waals surface area contributed by atoms with Crippen molar-refractivity contribution in [3.05, 3.63) is 0 Å². The molecule has 1 saturated carbocycles. The van der Waals surface area contributed by atoms with Crippen LogP contribution >= 0.6 is 0 Å². The number of rotatable bonds is 1. The van der Waals surface area contributed by atoms with Gasteiger partial charge in [-0.15, -0.1) is 0 Å². The summed E-state index contributed by atoms with van der Waals surface area (Å²) < 4.78 is 0. The van der Waals surface area contributed by atoms with Gasteiger partial charge in [-0.3, -0.25) is 0 Å². The first-order chi connectivity index (χ1) is 5.41. The molecular weight excluding hydrogens is 148 g/mol. The standard InChI is InChI=1S/C10H22N2/c1-7(2)8-4-9(11)6-10(3,12)5-8/h7-9H,4-6,11-12H2,1-3H3. The third-order valence-electron chi connectivity index (χ3n) is 3.01. The van der Waals surface area contributed by atoms with E-state index < -0.39 is 0 Å². The quantitative estimate of drug-likeness (QED) is 0.626. The predicted molar refractivity (Wildman–Crippen MR) is 52.7 cm³/mol. The minimum Gasteiger partial charge on any atom is -0.328 e. The molecule has 0 spiro atoms. The Labute approximate surface area is 75.7 Å². The fraction of sp³-hybridized carbons (Fsp3) is 1.00. The Kier molecular flexibility index (Phi) is 2.79. The van der Waals surface area contributed by atoms with Crippen LogP contribution in [0.4, 0.5) is 0 Å². The molecule has 0 bridgehead atoms. The van der Waals surface area contributed by atoms with Gasteiger partial charge < -0.3 is 11.5 Å². The van der Waals surface area contributed by atoms with Gasteiger partial charge in [0.05, 0.1) is 0 Å². The zero-order valence-corrected chi connectivity index (χ0v) is 8.51. The molecule has 3 atom stereocenters. The molecule has 1 fully saturated rings. The SMILES string of the molecule is CC(C)C1CC(N)CC(C)(N)C1. The van der Waals surface area contributed by atoms with Crippen LogP contribution in [0.15, 0.2) is 0 Å². The molecule has 72 valence electrons. The summed E-state index contributed by atoms with van der Waals surface area (Å²) in [5.74, 6) is 1.45. The zero-order chi connectivity index (χ0) is 9.35. The van der Waals surface area contributed by atoms with Crippen molar-refractivity contribution in [3.8, 4) is 0 Å². The molecule has 0 radical (unpaired) electrons. The average Bonchev–Trinajstić information content (AvgIpc) is 1.82. The van der Waals surface area contributed by atoms with E-state index in [9.17, 15) is 0 Å². The molecule has 1 aliphatic rings. The van der Waals surface area contributed by atoms with Gasteiger partial charge in [0.1, 0.15) is 0 Å². The second kappa shape index (κ2) is 3.35. The van der Waals surface area contributed by atoms with Crippen molar-refractivity contribution in [1.29, 1.82) is 0 Å². The fourth-order valence-corrected chi connectivity index (χ4v) is 2.34. The van der Waals surface area contributed by atoms with Crippen molar-refractivity contribution < 1.29 is 0 Å². The first-order valence-electron chi connectivity index (χ1n) is 4.95. The highest BCUT2D eigenvalue weighted by atomic mass is 14.8. The Morgan fingerprint density at radius 3 is 2.33 bits per heavy atom. The van der Waals surface area contributed by atoms with E-state index >= 15 is 0 Å². The molecule has 0 aromatic heterocycles. The largest absolute Gasteiger partial charge is 0.328 e. The van der Waals surface area contributed by atoms with E-state index in [1.165, 1.54) is 0 Å². The lowest BCUT2D eigenvalue weighted by Crippen LogP contribution is -2.49. The van der Waals surface area contributed by atoms with Gasteiger partial charge in [-0.1, -0.05) is 13.8 Å². The Morgan fingerprint density at radius 2 is 1.92 bits per heavy atom. The molecule has 3 unspecified atom stereocenters. The molecule has 0 amide bonds. The van der Waals surface area contributed by atoms with Crippen LogP contribution in [0, 0.1) is 11.8 Å². The number of hydrogen-bond acceptors (Lipinski definition) is 2. The van der Waals surface area contributed by atoms with Gasteiger partial charge in [-0.25, -0.2) is 0 Å². The lowest BCUT2D eigenvalue weighted by Gasteiger charge is -2.40. The number of hydrogen-bond donors (Lipinski definition) is 2. The van der Waals surface area contributed by atoms with Gasteiger partial charge >= 0.3 is 0 Å². The molecule has 0 aromatic carbocycles. The minimum atomic E-state index is -0.0212. The Bertz CT molecular complexity index is 152. The van der Waals surface area contributed by atoms with Crippen molar-refractivity contribution in [2.75, 3.05) is 0 Å². The molecule has 1 rings (SSSR count). The summed E-state index contributed by atoms with van der Waals surface area (Å²) in [6.45, 7) is 6.65. The second-order valence-electron chi connectivity index (χ2n) is 5.06. The molecule has 1 aliphatic carbocycles. The van der Waals surface area contributed by atoms with Gasteiger partial charge in [0.2, 0.25) is 0 Å². The minimum absolute atomic E-state index is 0.0212. The topological polar surface area (TPSA) is 52.0 Å². The van der Waals surface area contributed by atoms with E-state index in [0.29, 0.717) is 6.04 Å². The van der Waals surface area contributed by atoms with Crippen LogP contribution in [0.5, 0.6) is 0 Å². The van der Waals surface area contributed by atoms with Crippen molar-refractivity contribution in [3.63, 3.8) is 0 Å². The molecule has 2 nitrogen and oxygen atoms in total. The maximum Gasteiger partial charge on any atom is 0.0143 e. The molecule has 0 aromatic rings. The maximum absolute atomic E-state index is 6.12. The summed E-state index contributed by atoms with van der Waals surface area (Å²) >= 11 is 0. The third-order valence-corrected chi connectivity index (χ3v) is 3.01. The summed E-state index contributed by atoms with van der Waals surface area (Å²) in [5, 5.41) is 0. The average molecular weight is 170 g/mol. The van der Waals surface area contributed by atoms with E-state index in [-0.39, 0.29) is 5.54 Å². The molecule has 0 saturated heterocycles. The van der Waals surface area contributed by atoms with Crippen molar-refractivity contribution in [1.82, 2.24) is 0 Å². The fourth-order valence-electron chi connectivity index (χ4n) is 2.34. The van der Waals surface area contributed by atoms with Crippen molar-refractivity contribution in [2.24, 2.45) is 23.3 Å². The van der Waals surface area contributed by atoms with Crippen LogP contribution in [-0.4, -0.2) is 11.6 Å². The molecule has 0 heterocycles. The Balaban J connectivity index is 2.58. The second-order valence-corrected chi connectivity index (χ2v) is 5.06. The van der Waals surface area contributed by atoms with Gasteiger partial charge in [0, 0.05) is 11.6 Å². The van der Waals surface area contributed by atoms with Crippen LogP contribution in [-0.2, 0) is 0 Å². The van der Waals surface area contributed by atoms with Crippen molar-refractivity contribution >= 4 is 0 Å². The summed E-state index contributed by atoms with van der Waals surface area (Å²) in [7, 11) is 0. The molecule has 2 heteroatoms. The van der Waals surface area contributed by atoms with E-state index in [0.717, 1.165) is 31.1 Å². The maximum atomic E-state index is 6.12. The predicted octanol–water partition coefficient (Wildman–Crippen LogP) is 1.49. The van der Waals surface area contributed by atoms with Crippen LogP contribution in [0.2, 0.25) is 0 Å². The molecular formula is C10H22N2. The molecule has 12 heavy (non-hydrogen) atoms. The normalized spacial score (nSPS) is 43.5. The first-order valence-corrected chi connectivity index (χ1v) is 4.95. The molecule has 4 N–H and O–H groups in total. The van der Waals surface area contributed by atoms with Crippen LogP contribution in [0.1, 0.15) is 40.0 Å². The highest BCUT2D eigenvalue weighted by Crippen LogP contribution is 2.33. The van der Waals surface area contributed by atoms with E-state index in [2.05, 4.69) is 20.8 Å². The van der Waals surface area contributed by atoms with Crippen LogP contribution in [0.25, 0.3) is 0 Å². The smallest absolute Gasteiger partial charge is 0.0143 e. The highest BCUT2D eigenvalue weighted by Gasteiger charge is 2.33. The van der Waals surface area contributed by atoms with Crippen LogP contribution in [0.3, 0.4) is 0 Å². The van der Waals surface area contributed by atoms with E-state index in [1.807, 2.05) is 0 Å². The Hall–Kier alpha value is -0.0800. The Morgan fingerprint density at radius 1 is 1.33 bits per heavy atom. The van der Waals surface area contributed by atoms with Gasteiger partial charge in [0.25, 0.3) is 0 Å². The van der Waals surface area contributed by atoms with Crippen molar-refractivity contribution in [2.45, 2.75) is 51.6 Å². The van der Waals surface area contributed by atoms with Gasteiger partial charge in [0.15, 0.2) is 0 Å². The monoisotopic (exact) mass is 170 g/mol. The summed E-state index contributed by atoms with van der Waals surface area (Å²) in [6, 6.07) is 0.321. The highest BCUT2D eigenvalue weighted by molar-refractivity contribution is 4.92. The van der Waals surface area contributed by atoms with E-state index in [1.54, 1.807) is 0 Å². The van der Waals surface area contributed by atoms with Gasteiger partial charge in [-0.05, 0) is 38.0 Å². The lowest BCUT2D eigenvalue weighted by molar-refractivity contribution is 0.177. The number of nitrogens with two attached hydrogens (primary N) is 2.